The van der Waals surface area contributed by atoms with Crippen LogP contribution >= 0.6 is 11.8 Å². The number of hydrogen-bond donors (Lipinski definition) is 7. The molecular formula is C27H39N5O7S. The minimum Gasteiger partial charge on any atom is -0.481 e. The van der Waals surface area contributed by atoms with Crippen LogP contribution < -0.4 is 21.7 Å². The van der Waals surface area contributed by atoms with Gasteiger partial charge in [0.1, 0.15) is 18.1 Å². The van der Waals surface area contributed by atoms with E-state index in [9.17, 15) is 34.2 Å². The van der Waals surface area contributed by atoms with Gasteiger partial charge in [-0.1, -0.05) is 38.5 Å². The normalized spacial score (nSPS) is 14.9. The lowest BCUT2D eigenvalue weighted by molar-refractivity contribution is -0.143. The SMILES string of the molecule is CCC(C)C(NC(=O)C(Cc1c[nH]c2ccccc12)NC(=O)C(CCC(=O)O)NC(=O)C(N)CCSC)C(=O)O. The van der Waals surface area contributed by atoms with Crippen LogP contribution in [0.5, 0.6) is 0 Å². The molecule has 0 radical (unpaired) electrons. The maximum absolute atomic E-state index is 13.4. The number of aliphatic carboxylic acids is 2. The van der Waals surface area contributed by atoms with Crippen molar-refractivity contribution in [2.24, 2.45) is 11.7 Å². The first-order valence-electron chi connectivity index (χ1n) is 13.1. The summed E-state index contributed by atoms with van der Waals surface area (Å²) in [6.07, 6.45) is 3.80. The zero-order valence-corrected chi connectivity index (χ0v) is 23.8. The van der Waals surface area contributed by atoms with E-state index in [-0.39, 0.29) is 18.8 Å². The lowest BCUT2D eigenvalue weighted by Gasteiger charge is -2.26. The van der Waals surface area contributed by atoms with Crippen LogP contribution in [0.1, 0.15) is 45.1 Å². The average Bonchev–Trinajstić information content (AvgIpc) is 3.33. The highest BCUT2D eigenvalue weighted by atomic mass is 32.2. The average molecular weight is 578 g/mol. The Bertz CT molecular complexity index is 1190. The summed E-state index contributed by atoms with van der Waals surface area (Å²) in [6.45, 7) is 3.50. The van der Waals surface area contributed by atoms with Crippen molar-refractivity contribution in [2.45, 2.75) is 70.1 Å². The number of carboxylic acid groups (broad SMARTS) is 2. The molecule has 3 amide bonds. The molecule has 8 N–H and O–H groups in total. The van der Waals surface area contributed by atoms with Gasteiger partial charge < -0.3 is 36.9 Å². The summed E-state index contributed by atoms with van der Waals surface area (Å²) in [5, 5.41) is 27.4. The largest absolute Gasteiger partial charge is 0.481 e. The highest BCUT2D eigenvalue weighted by Gasteiger charge is 2.32. The van der Waals surface area contributed by atoms with E-state index in [0.717, 1.165) is 10.9 Å². The number of hydrogen-bond acceptors (Lipinski definition) is 7. The van der Waals surface area contributed by atoms with Crippen LogP contribution in [0.2, 0.25) is 0 Å². The second kappa shape index (κ2) is 15.9. The fourth-order valence-electron chi connectivity index (χ4n) is 4.13. The van der Waals surface area contributed by atoms with Gasteiger partial charge in [0.15, 0.2) is 0 Å². The number of nitrogens with two attached hydrogens (primary N) is 1. The van der Waals surface area contributed by atoms with Crippen molar-refractivity contribution >= 4 is 52.3 Å². The Morgan fingerprint density at radius 3 is 2.25 bits per heavy atom. The molecule has 0 bridgehead atoms. The summed E-state index contributed by atoms with van der Waals surface area (Å²) in [5.41, 5.74) is 7.45. The van der Waals surface area contributed by atoms with Crippen molar-refractivity contribution in [1.29, 1.82) is 0 Å². The summed E-state index contributed by atoms with van der Waals surface area (Å²) in [4.78, 5) is 65.6. The van der Waals surface area contributed by atoms with Gasteiger partial charge in [-0.05, 0) is 42.4 Å². The first-order valence-corrected chi connectivity index (χ1v) is 14.5. The molecule has 0 aliphatic heterocycles. The number of para-hydroxylation sites is 1. The Morgan fingerprint density at radius 1 is 0.975 bits per heavy atom. The minimum atomic E-state index is -1.27. The molecule has 12 nitrogen and oxygen atoms in total. The van der Waals surface area contributed by atoms with Crippen LogP contribution in [0.15, 0.2) is 30.5 Å². The summed E-state index contributed by atoms with van der Waals surface area (Å²) in [5.74, 6) is -4.23. The van der Waals surface area contributed by atoms with E-state index in [0.29, 0.717) is 24.2 Å². The zero-order valence-electron chi connectivity index (χ0n) is 22.9. The second-order valence-electron chi connectivity index (χ2n) is 9.72. The Labute approximate surface area is 237 Å². The van der Waals surface area contributed by atoms with E-state index >= 15 is 0 Å². The van der Waals surface area contributed by atoms with E-state index in [1.54, 1.807) is 20.0 Å². The van der Waals surface area contributed by atoms with Gasteiger partial charge in [0.05, 0.1) is 6.04 Å². The summed E-state index contributed by atoms with van der Waals surface area (Å²) < 4.78 is 0. The summed E-state index contributed by atoms with van der Waals surface area (Å²) >= 11 is 1.51. The molecule has 0 aliphatic rings. The smallest absolute Gasteiger partial charge is 0.326 e. The van der Waals surface area contributed by atoms with Gasteiger partial charge in [-0.15, -0.1) is 0 Å². The quantitative estimate of drug-likeness (QED) is 0.144. The molecule has 220 valence electrons. The monoisotopic (exact) mass is 577 g/mol. The molecule has 40 heavy (non-hydrogen) atoms. The number of carbonyl (C=O) groups is 5. The van der Waals surface area contributed by atoms with Gasteiger partial charge in [-0.2, -0.15) is 11.8 Å². The molecule has 5 unspecified atom stereocenters. The summed E-state index contributed by atoms with van der Waals surface area (Å²) in [6, 6.07) is 2.81. The number of fused-ring (bicyclic) bond motifs is 1. The zero-order chi connectivity index (χ0) is 29.8. The van der Waals surface area contributed by atoms with E-state index in [1.807, 2.05) is 30.5 Å². The summed E-state index contributed by atoms with van der Waals surface area (Å²) in [7, 11) is 0. The minimum absolute atomic E-state index is 0.0151. The highest BCUT2D eigenvalue weighted by molar-refractivity contribution is 7.98. The third-order valence-corrected chi connectivity index (χ3v) is 7.40. The number of amides is 3. The standard InChI is InChI=1S/C27H39N5O7S/c1-4-15(2)23(27(38)39)32-26(37)21(13-16-14-29-19-8-6-5-7-17(16)19)31-25(36)20(9-10-22(33)34)30-24(35)18(28)11-12-40-3/h5-8,14-15,18,20-21,23,29H,4,9-13,28H2,1-3H3,(H,30,35)(H,31,36)(H,32,37)(H,33,34)(H,38,39). The predicted molar refractivity (Wildman–Crippen MR) is 153 cm³/mol. The molecule has 0 saturated carbocycles. The van der Waals surface area contributed by atoms with Crippen LogP contribution in [-0.2, 0) is 30.4 Å². The number of carboxylic acids is 2. The highest BCUT2D eigenvalue weighted by Crippen LogP contribution is 2.20. The Balaban J connectivity index is 2.33. The van der Waals surface area contributed by atoms with E-state index in [2.05, 4.69) is 20.9 Å². The molecule has 13 heteroatoms. The molecular weight excluding hydrogens is 538 g/mol. The van der Waals surface area contributed by atoms with E-state index < -0.39 is 60.2 Å². The molecule has 2 rings (SSSR count). The molecule has 1 heterocycles. The van der Waals surface area contributed by atoms with Gasteiger partial charge in [0.2, 0.25) is 17.7 Å². The number of nitrogens with one attached hydrogen (secondary N) is 4. The molecule has 2 aromatic rings. The van der Waals surface area contributed by atoms with Crippen LogP contribution in [-0.4, -0.2) is 81.0 Å². The van der Waals surface area contributed by atoms with Crippen molar-refractivity contribution < 1.29 is 34.2 Å². The molecule has 0 saturated heterocycles. The lowest BCUT2D eigenvalue weighted by Crippen LogP contribution is -2.58. The van der Waals surface area contributed by atoms with Crippen molar-refractivity contribution in [2.75, 3.05) is 12.0 Å². The third kappa shape index (κ3) is 9.56. The van der Waals surface area contributed by atoms with Crippen LogP contribution in [0.3, 0.4) is 0 Å². The number of rotatable bonds is 17. The van der Waals surface area contributed by atoms with Gasteiger partial charge in [0.25, 0.3) is 0 Å². The molecule has 1 aromatic heterocycles. The van der Waals surface area contributed by atoms with Crippen LogP contribution in [0.25, 0.3) is 10.9 Å². The number of aromatic amines is 1. The first-order chi connectivity index (χ1) is 19.0. The maximum atomic E-state index is 13.4. The number of carbonyl (C=O) groups excluding carboxylic acids is 3. The van der Waals surface area contributed by atoms with Crippen molar-refractivity contribution in [3.8, 4) is 0 Å². The number of benzene rings is 1. The molecule has 0 spiro atoms. The van der Waals surface area contributed by atoms with Gasteiger partial charge in [0, 0.05) is 29.9 Å². The molecule has 5 atom stereocenters. The predicted octanol–water partition coefficient (Wildman–Crippen LogP) is 1.24. The number of thioether (sulfide) groups is 1. The second-order valence-corrected chi connectivity index (χ2v) is 10.7. The van der Waals surface area contributed by atoms with E-state index in [4.69, 9.17) is 5.73 Å². The van der Waals surface area contributed by atoms with Crippen molar-refractivity contribution in [3.63, 3.8) is 0 Å². The number of aromatic nitrogens is 1. The van der Waals surface area contributed by atoms with Crippen molar-refractivity contribution in [3.05, 3.63) is 36.0 Å². The fraction of sp³-hybridized carbons (Fsp3) is 0.519. The molecule has 0 fully saturated rings. The Morgan fingerprint density at radius 2 is 1.62 bits per heavy atom. The van der Waals surface area contributed by atoms with Gasteiger partial charge in [-0.3, -0.25) is 19.2 Å². The van der Waals surface area contributed by atoms with Crippen molar-refractivity contribution in [1.82, 2.24) is 20.9 Å². The molecule has 0 aliphatic carbocycles. The van der Waals surface area contributed by atoms with E-state index in [1.165, 1.54) is 11.8 Å². The Hall–Kier alpha value is -3.58. The number of H-pyrrole nitrogens is 1. The first kappa shape index (κ1) is 32.6. The lowest BCUT2D eigenvalue weighted by atomic mass is 9.97. The van der Waals surface area contributed by atoms with Gasteiger partial charge in [-0.25, -0.2) is 4.79 Å². The topological polar surface area (TPSA) is 204 Å². The maximum Gasteiger partial charge on any atom is 0.326 e. The van der Waals surface area contributed by atoms with Crippen LogP contribution in [0, 0.1) is 5.92 Å². The Kier molecular flexibility index (Phi) is 12.9. The van der Waals surface area contributed by atoms with Gasteiger partial charge >= 0.3 is 11.9 Å². The third-order valence-electron chi connectivity index (χ3n) is 6.76. The molecule has 1 aromatic carbocycles. The van der Waals surface area contributed by atoms with Crippen LogP contribution in [0.4, 0.5) is 0 Å². The fourth-order valence-corrected chi connectivity index (χ4v) is 4.62.